The highest BCUT2D eigenvalue weighted by Gasteiger charge is 2.04. The van der Waals surface area contributed by atoms with Crippen molar-refractivity contribution in [3.05, 3.63) is 59.7 Å². The number of hydrogen-bond donors (Lipinski definition) is 3. The van der Waals surface area contributed by atoms with Crippen molar-refractivity contribution in [1.82, 2.24) is 10.9 Å². The van der Waals surface area contributed by atoms with Gasteiger partial charge in [-0.1, -0.05) is 37.6 Å². The molecule has 0 bridgehead atoms. The molecule has 0 atom stereocenters. The second-order valence-electron chi connectivity index (χ2n) is 6.34. The minimum absolute atomic E-state index is 0.193. The summed E-state index contributed by atoms with van der Waals surface area (Å²) >= 11 is 5.19. The van der Waals surface area contributed by atoms with Gasteiger partial charge in [-0.25, -0.2) is 0 Å². The Morgan fingerprint density at radius 1 is 1.11 bits per heavy atom. The number of ether oxygens (including phenoxy) is 1. The van der Waals surface area contributed by atoms with Gasteiger partial charge in [-0.15, -0.1) is 0 Å². The number of rotatable bonds is 8. The van der Waals surface area contributed by atoms with E-state index in [1.807, 2.05) is 43.3 Å². The third-order valence-electron chi connectivity index (χ3n) is 3.93. The molecule has 0 aliphatic carbocycles. The number of carbonyl (C=O) groups excluding carboxylic acids is 1. The number of thiocarbonyl (C=S) groups is 1. The van der Waals surface area contributed by atoms with Crippen LogP contribution in [0.5, 0.6) is 5.75 Å². The van der Waals surface area contributed by atoms with Crippen LogP contribution in [0.25, 0.3) is 0 Å². The summed E-state index contributed by atoms with van der Waals surface area (Å²) in [5, 5.41) is 3.38. The van der Waals surface area contributed by atoms with E-state index in [1.165, 1.54) is 18.4 Å². The number of anilines is 1. The molecule has 0 spiro atoms. The molecule has 27 heavy (non-hydrogen) atoms. The number of unbranched alkanes of at least 4 members (excludes halogenated alkanes) is 1. The first-order valence-electron chi connectivity index (χ1n) is 9.21. The maximum absolute atomic E-state index is 11.9. The topological polar surface area (TPSA) is 62.4 Å². The quantitative estimate of drug-likeness (QED) is 0.471. The fourth-order valence-electron chi connectivity index (χ4n) is 2.45. The molecule has 1 amide bonds. The second kappa shape index (κ2) is 11.2. The molecule has 0 aliphatic heterocycles. The lowest BCUT2D eigenvalue weighted by Crippen LogP contribution is -2.44. The van der Waals surface area contributed by atoms with Crippen molar-refractivity contribution in [3.63, 3.8) is 0 Å². The van der Waals surface area contributed by atoms with Gasteiger partial charge < -0.3 is 10.1 Å². The molecule has 5 nitrogen and oxygen atoms in total. The molecule has 2 aromatic rings. The molecule has 2 rings (SSSR count). The van der Waals surface area contributed by atoms with Crippen LogP contribution in [0, 0.1) is 6.92 Å². The van der Waals surface area contributed by atoms with Crippen LogP contribution >= 0.6 is 12.2 Å². The smallest absolute Gasteiger partial charge is 0.241 e. The number of aryl methyl sites for hydroxylation is 2. The van der Waals surface area contributed by atoms with Gasteiger partial charge in [0.2, 0.25) is 5.91 Å². The van der Waals surface area contributed by atoms with Gasteiger partial charge in [0.1, 0.15) is 5.75 Å². The Morgan fingerprint density at radius 2 is 1.89 bits per heavy atom. The van der Waals surface area contributed by atoms with Crippen molar-refractivity contribution in [2.45, 2.75) is 39.5 Å². The Hall–Kier alpha value is -2.60. The molecule has 0 saturated carbocycles. The Labute approximate surface area is 166 Å². The molecule has 0 fully saturated rings. The summed E-state index contributed by atoms with van der Waals surface area (Å²) in [7, 11) is 0. The van der Waals surface area contributed by atoms with Crippen molar-refractivity contribution in [2.24, 2.45) is 0 Å². The first kappa shape index (κ1) is 20.7. The van der Waals surface area contributed by atoms with Gasteiger partial charge in [-0.2, -0.15) is 0 Å². The predicted molar refractivity (Wildman–Crippen MR) is 114 cm³/mol. The summed E-state index contributed by atoms with van der Waals surface area (Å²) in [6, 6.07) is 15.9. The number of hydrogen-bond acceptors (Lipinski definition) is 3. The van der Waals surface area contributed by atoms with E-state index in [4.69, 9.17) is 17.0 Å². The molecule has 0 saturated heterocycles. The van der Waals surface area contributed by atoms with E-state index >= 15 is 0 Å². The Morgan fingerprint density at radius 3 is 2.59 bits per heavy atom. The monoisotopic (exact) mass is 385 g/mol. The first-order valence-corrected chi connectivity index (χ1v) is 9.62. The van der Waals surface area contributed by atoms with Crippen LogP contribution in [-0.2, 0) is 11.2 Å². The zero-order chi connectivity index (χ0) is 19.5. The van der Waals surface area contributed by atoms with Crippen LogP contribution in [0.1, 0.15) is 37.3 Å². The molecular formula is C21H27N3O2S. The Balaban J connectivity index is 1.65. The van der Waals surface area contributed by atoms with E-state index < -0.39 is 0 Å². The van der Waals surface area contributed by atoms with Crippen molar-refractivity contribution in [2.75, 3.05) is 11.9 Å². The highest BCUT2D eigenvalue weighted by molar-refractivity contribution is 7.80. The fraction of sp³-hybridized carbons (Fsp3) is 0.333. The number of hydrazine groups is 1. The summed E-state index contributed by atoms with van der Waals surface area (Å²) in [4.78, 5) is 11.9. The average Bonchev–Trinajstić information content (AvgIpc) is 2.66. The summed E-state index contributed by atoms with van der Waals surface area (Å²) in [6.45, 7) is 4.48. The molecular weight excluding hydrogens is 358 g/mol. The number of benzene rings is 2. The van der Waals surface area contributed by atoms with Gasteiger partial charge in [0.25, 0.3) is 0 Å². The van der Waals surface area contributed by atoms with E-state index in [1.54, 1.807) is 0 Å². The van der Waals surface area contributed by atoms with E-state index in [0.717, 1.165) is 23.4 Å². The van der Waals surface area contributed by atoms with Gasteiger partial charge in [0.05, 0.1) is 13.0 Å². The van der Waals surface area contributed by atoms with Crippen molar-refractivity contribution in [3.8, 4) is 5.75 Å². The van der Waals surface area contributed by atoms with Gasteiger partial charge >= 0.3 is 0 Å². The van der Waals surface area contributed by atoms with Crippen LogP contribution in [0.2, 0.25) is 0 Å². The molecule has 0 aliphatic rings. The second-order valence-corrected chi connectivity index (χ2v) is 6.75. The maximum atomic E-state index is 11.9. The third-order valence-corrected chi connectivity index (χ3v) is 4.14. The van der Waals surface area contributed by atoms with Crippen molar-refractivity contribution < 1.29 is 9.53 Å². The van der Waals surface area contributed by atoms with E-state index in [2.05, 4.69) is 35.2 Å². The molecule has 0 unspecified atom stereocenters. The van der Waals surface area contributed by atoms with Crippen molar-refractivity contribution >= 4 is 28.9 Å². The number of carbonyl (C=O) groups is 1. The largest absolute Gasteiger partial charge is 0.493 e. The summed E-state index contributed by atoms with van der Waals surface area (Å²) in [6.07, 6.45) is 3.69. The van der Waals surface area contributed by atoms with Crippen LogP contribution in [0.4, 0.5) is 5.69 Å². The number of nitrogens with one attached hydrogen (secondary N) is 3. The van der Waals surface area contributed by atoms with Crippen molar-refractivity contribution in [1.29, 1.82) is 0 Å². The molecule has 3 N–H and O–H groups in total. The average molecular weight is 386 g/mol. The molecule has 0 heterocycles. The van der Waals surface area contributed by atoms with Gasteiger partial charge in [0.15, 0.2) is 5.11 Å². The zero-order valence-corrected chi connectivity index (χ0v) is 16.7. The summed E-state index contributed by atoms with van der Waals surface area (Å²) in [5.41, 5.74) is 8.58. The third kappa shape index (κ3) is 8.09. The Kier molecular flexibility index (Phi) is 8.58. The molecule has 0 radical (unpaired) electrons. The minimum Gasteiger partial charge on any atom is -0.493 e. The van der Waals surface area contributed by atoms with Gasteiger partial charge in [-0.3, -0.25) is 15.6 Å². The van der Waals surface area contributed by atoms with Crippen LogP contribution in [0.15, 0.2) is 48.5 Å². The standard InChI is InChI=1S/C21H27N3O2S/c1-3-4-7-17-9-11-18(12-10-17)22-21(27)24-23-20(25)13-14-26-19-8-5-6-16(2)15-19/h5-6,8-12,15H,3-4,7,13-14H2,1-2H3,(H,23,25)(H2,22,24,27). The lowest BCUT2D eigenvalue weighted by molar-refractivity contribution is -0.122. The maximum Gasteiger partial charge on any atom is 0.241 e. The lowest BCUT2D eigenvalue weighted by Gasteiger charge is -2.12. The van der Waals surface area contributed by atoms with Gasteiger partial charge in [0, 0.05) is 5.69 Å². The minimum atomic E-state index is -0.193. The van der Waals surface area contributed by atoms with E-state index in [9.17, 15) is 4.79 Å². The Bertz CT molecular complexity index is 747. The summed E-state index contributed by atoms with van der Waals surface area (Å²) in [5.74, 6) is 0.567. The van der Waals surface area contributed by atoms with Crippen LogP contribution < -0.4 is 20.9 Å². The van der Waals surface area contributed by atoms with E-state index in [0.29, 0.717) is 11.7 Å². The highest BCUT2D eigenvalue weighted by atomic mass is 32.1. The number of amides is 1. The van der Waals surface area contributed by atoms with Gasteiger partial charge in [-0.05, 0) is 67.4 Å². The molecule has 2 aromatic carbocycles. The lowest BCUT2D eigenvalue weighted by atomic mass is 10.1. The fourth-order valence-corrected chi connectivity index (χ4v) is 2.62. The molecule has 144 valence electrons. The molecule has 0 aromatic heterocycles. The normalized spacial score (nSPS) is 10.1. The zero-order valence-electron chi connectivity index (χ0n) is 15.9. The van der Waals surface area contributed by atoms with E-state index in [-0.39, 0.29) is 12.3 Å². The first-order chi connectivity index (χ1) is 13.1. The predicted octanol–water partition coefficient (Wildman–Crippen LogP) is 4.12. The van der Waals surface area contributed by atoms with Crippen LogP contribution in [0.3, 0.4) is 0 Å². The molecule has 6 heteroatoms. The highest BCUT2D eigenvalue weighted by Crippen LogP contribution is 2.13. The summed E-state index contributed by atoms with van der Waals surface area (Å²) < 4.78 is 5.56. The van der Waals surface area contributed by atoms with Crippen LogP contribution in [-0.4, -0.2) is 17.6 Å². The SMILES string of the molecule is CCCCc1ccc(NC(=S)NNC(=O)CCOc2cccc(C)c2)cc1.